The van der Waals surface area contributed by atoms with Crippen LogP contribution in [-0.2, 0) is 11.0 Å². The number of carbonyl (C=O) groups excluding carboxylic acids is 1. The van der Waals surface area contributed by atoms with Gasteiger partial charge in [-0.1, -0.05) is 15.9 Å². The second kappa shape index (κ2) is 4.29. The number of hydrogen-bond donors (Lipinski definition) is 0. The van der Waals surface area contributed by atoms with Gasteiger partial charge in [0.25, 0.3) is 0 Å². The molecule has 7 heteroatoms. The van der Waals surface area contributed by atoms with Crippen molar-refractivity contribution in [1.29, 1.82) is 0 Å². The molecule has 17 heavy (non-hydrogen) atoms. The second-order valence-corrected chi connectivity index (χ2v) is 4.75. The van der Waals surface area contributed by atoms with E-state index in [1.54, 1.807) is 0 Å². The molecule has 1 aromatic rings. The van der Waals surface area contributed by atoms with Crippen LogP contribution in [0.1, 0.15) is 12.0 Å². The van der Waals surface area contributed by atoms with Gasteiger partial charge in [0.15, 0.2) is 0 Å². The molecular formula is C10H8BrF3N2O. The first-order valence-corrected chi connectivity index (χ1v) is 5.80. The summed E-state index contributed by atoms with van der Waals surface area (Å²) >= 11 is 3.16. The summed E-state index contributed by atoms with van der Waals surface area (Å²) in [6, 6.07) is 1.78. The van der Waals surface area contributed by atoms with E-state index in [-0.39, 0.29) is 16.6 Å². The minimum Gasteiger partial charge on any atom is -0.296 e. The van der Waals surface area contributed by atoms with Crippen LogP contribution in [0.5, 0.6) is 0 Å². The van der Waals surface area contributed by atoms with Gasteiger partial charge in [0, 0.05) is 12.7 Å². The molecule has 0 saturated carbocycles. The zero-order valence-corrected chi connectivity index (χ0v) is 10.1. The summed E-state index contributed by atoms with van der Waals surface area (Å²) in [6.45, 7) is 0.378. The number of rotatable bonds is 1. The number of nitrogens with zero attached hydrogens (tertiary/aromatic N) is 2. The first-order valence-electron chi connectivity index (χ1n) is 4.88. The third-order valence-electron chi connectivity index (χ3n) is 2.49. The van der Waals surface area contributed by atoms with Crippen molar-refractivity contribution < 1.29 is 18.0 Å². The number of pyridine rings is 1. The minimum absolute atomic E-state index is 0.0479. The smallest absolute Gasteiger partial charge is 0.296 e. The standard InChI is InChI=1S/C10H8BrF3N2O/c11-7-2-4-16(9(7)17)8-5-6(1-3-15-8)10(12,13)14/h1,3,5,7H,2,4H2. The van der Waals surface area contributed by atoms with Crippen molar-refractivity contribution in [3.8, 4) is 0 Å². The third kappa shape index (κ3) is 2.43. The van der Waals surface area contributed by atoms with Crippen LogP contribution in [0.25, 0.3) is 0 Å². The Kier molecular flexibility index (Phi) is 3.11. The number of halogens is 4. The van der Waals surface area contributed by atoms with Crippen molar-refractivity contribution in [2.75, 3.05) is 11.4 Å². The van der Waals surface area contributed by atoms with Crippen LogP contribution in [0.2, 0.25) is 0 Å². The number of alkyl halides is 4. The van der Waals surface area contributed by atoms with E-state index in [2.05, 4.69) is 20.9 Å². The molecule has 1 aliphatic heterocycles. The van der Waals surface area contributed by atoms with Gasteiger partial charge < -0.3 is 0 Å². The first kappa shape index (κ1) is 12.3. The molecule has 0 aromatic carbocycles. The first-order chi connectivity index (χ1) is 7.89. The SMILES string of the molecule is O=C1C(Br)CCN1c1cc(C(F)(F)F)ccn1. The summed E-state index contributed by atoms with van der Waals surface area (Å²) in [5.41, 5.74) is -0.798. The average Bonchev–Trinajstić information content (AvgIpc) is 2.59. The molecule has 0 radical (unpaired) electrons. The van der Waals surface area contributed by atoms with E-state index in [1.807, 2.05) is 0 Å². The van der Waals surface area contributed by atoms with Crippen molar-refractivity contribution in [3.05, 3.63) is 23.9 Å². The zero-order valence-electron chi connectivity index (χ0n) is 8.54. The number of amides is 1. The Balaban J connectivity index is 2.31. The maximum absolute atomic E-state index is 12.5. The summed E-state index contributed by atoms with van der Waals surface area (Å²) < 4.78 is 37.5. The lowest BCUT2D eigenvalue weighted by molar-refractivity contribution is -0.137. The van der Waals surface area contributed by atoms with Gasteiger partial charge >= 0.3 is 6.18 Å². The van der Waals surface area contributed by atoms with Crippen LogP contribution in [0.4, 0.5) is 19.0 Å². The van der Waals surface area contributed by atoms with Gasteiger partial charge in [-0.15, -0.1) is 0 Å². The predicted molar refractivity (Wildman–Crippen MR) is 58.9 cm³/mol. The largest absolute Gasteiger partial charge is 0.416 e. The van der Waals surface area contributed by atoms with E-state index < -0.39 is 11.7 Å². The van der Waals surface area contributed by atoms with Gasteiger partial charge in [-0.25, -0.2) is 4.98 Å². The predicted octanol–water partition coefficient (Wildman–Crippen LogP) is 2.60. The molecule has 3 nitrogen and oxygen atoms in total. The topological polar surface area (TPSA) is 33.2 Å². The van der Waals surface area contributed by atoms with E-state index in [9.17, 15) is 18.0 Å². The number of hydrogen-bond acceptors (Lipinski definition) is 2. The fourth-order valence-electron chi connectivity index (χ4n) is 1.61. The zero-order chi connectivity index (χ0) is 12.6. The Bertz CT molecular complexity index is 449. The van der Waals surface area contributed by atoms with Crippen LogP contribution in [-0.4, -0.2) is 22.3 Å². The minimum atomic E-state index is -4.42. The molecule has 1 atom stereocenters. The van der Waals surface area contributed by atoms with Crippen LogP contribution >= 0.6 is 15.9 Å². The Morgan fingerprint density at radius 2 is 2.18 bits per heavy atom. The number of anilines is 1. The Morgan fingerprint density at radius 1 is 1.47 bits per heavy atom. The molecule has 2 heterocycles. The van der Waals surface area contributed by atoms with Crippen molar-refractivity contribution >= 4 is 27.7 Å². The molecule has 0 aliphatic carbocycles. The molecule has 0 bridgehead atoms. The Labute approximate surface area is 104 Å². The summed E-state index contributed by atoms with van der Waals surface area (Å²) in [5, 5.41) is 0. The molecule has 0 N–H and O–H groups in total. The lowest BCUT2D eigenvalue weighted by Crippen LogP contribution is -2.28. The molecule has 1 saturated heterocycles. The molecule has 1 aliphatic rings. The number of aromatic nitrogens is 1. The molecule has 0 spiro atoms. The van der Waals surface area contributed by atoms with Crippen molar-refractivity contribution in [2.45, 2.75) is 17.4 Å². The van der Waals surface area contributed by atoms with E-state index in [4.69, 9.17) is 0 Å². The third-order valence-corrected chi connectivity index (χ3v) is 3.34. The highest BCUT2D eigenvalue weighted by Gasteiger charge is 2.34. The van der Waals surface area contributed by atoms with E-state index in [1.165, 1.54) is 4.90 Å². The van der Waals surface area contributed by atoms with Gasteiger partial charge in [0.05, 0.1) is 10.4 Å². The van der Waals surface area contributed by atoms with Crippen LogP contribution < -0.4 is 4.90 Å². The molecule has 1 aromatic heterocycles. The van der Waals surface area contributed by atoms with Crippen LogP contribution in [0.15, 0.2) is 18.3 Å². The molecule has 1 fully saturated rings. The van der Waals surface area contributed by atoms with Crippen molar-refractivity contribution in [2.24, 2.45) is 0 Å². The maximum Gasteiger partial charge on any atom is 0.416 e. The van der Waals surface area contributed by atoms with Gasteiger partial charge in [-0.05, 0) is 18.6 Å². The van der Waals surface area contributed by atoms with E-state index >= 15 is 0 Å². The fraction of sp³-hybridized carbons (Fsp3) is 0.400. The quantitative estimate of drug-likeness (QED) is 0.747. The Hall–Kier alpha value is -1.11. The average molecular weight is 309 g/mol. The fourth-order valence-corrected chi connectivity index (χ4v) is 2.07. The van der Waals surface area contributed by atoms with Crippen LogP contribution in [0.3, 0.4) is 0 Å². The van der Waals surface area contributed by atoms with Gasteiger partial charge in [-0.3, -0.25) is 9.69 Å². The highest BCUT2D eigenvalue weighted by Crippen LogP contribution is 2.32. The van der Waals surface area contributed by atoms with Crippen LogP contribution in [0, 0.1) is 0 Å². The monoisotopic (exact) mass is 308 g/mol. The summed E-state index contributed by atoms with van der Waals surface area (Å²) in [7, 11) is 0. The van der Waals surface area contributed by atoms with Crippen molar-refractivity contribution in [3.63, 3.8) is 0 Å². The molecule has 92 valence electrons. The van der Waals surface area contributed by atoms with E-state index in [0.29, 0.717) is 13.0 Å². The number of carbonyl (C=O) groups is 1. The molecule has 2 rings (SSSR count). The van der Waals surface area contributed by atoms with Gasteiger partial charge in [0.1, 0.15) is 5.82 Å². The summed E-state index contributed by atoms with van der Waals surface area (Å²) in [4.78, 5) is 16.4. The Morgan fingerprint density at radius 3 is 2.71 bits per heavy atom. The highest BCUT2D eigenvalue weighted by atomic mass is 79.9. The molecule has 1 unspecified atom stereocenters. The second-order valence-electron chi connectivity index (χ2n) is 3.65. The molecular weight excluding hydrogens is 301 g/mol. The normalized spacial score (nSPS) is 21.1. The maximum atomic E-state index is 12.5. The lowest BCUT2D eigenvalue weighted by atomic mass is 10.2. The summed E-state index contributed by atoms with van der Waals surface area (Å²) in [6.07, 6.45) is -2.79. The van der Waals surface area contributed by atoms with E-state index in [0.717, 1.165) is 18.3 Å². The van der Waals surface area contributed by atoms with Gasteiger partial charge in [-0.2, -0.15) is 13.2 Å². The van der Waals surface area contributed by atoms with Gasteiger partial charge in [0.2, 0.25) is 5.91 Å². The molecule has 1 amide bonds. The summed E-state index contributed by atoms with van der Waals surface area (Å²) in [5.74, 6) is -0.205. The highest BCUT2D eigenvalue weighted by molar-refractivity contribution is 9.10. The van der Waals surface area contributed by atoms with Crippen molar-refractivity contribution in [1.82, 2.24) is 4.98 Å². The lowest BCUT2D eigenvalue weighted by Gasteiger charge is -2.16.